The van der Waals surface area contributed by atoms with Gasteiger partial charge in [-0.15, -0.1) is 0 Å². The maximum absolute atomic E-state index is 12.6. The number of carbonyl (C=O) groups excluding carboxylic acids is 2. The van der Waals surface area contributed by atoms with Crippen molar-refractivity contribution in [3.05, 3.63) is 64.6 Å². The molecule has 1 aliphatic carbocycles. The first kappa shape index (κ1) is 22.4. The number of hydrogen-bond donors (Lipinski definition) is 1. The summed E-state index contributed by atoms with van der Waals surface area (Å²) >= 11 is 6.68. The zero-order chi connectivity index (χ0) is 22.5. The summed E-state index contributed by atoms with van der Waals surface area (Å²) in [5.41, 5.74) is 1.97. The molecule has 6 nitrogen and oxygen atoms in total. The third kappa shape index (κ3) is 5.49. The molecule has 1 saturated carbocycles. The highest BCUT2D eigenvalue weighted by Gasteiger charge is 2.41. The monoisotopic (exact) mass is 468 g/mol. The predicted octanol–water partition coefficient (Wildman–Crippen LogP) is 3.80. The molecule has 2 fully saturated rings. The number of hydrogen-bond acceptors (Lipinski definition) is 6. The number of methoxy groups -OCH3 is 1. The third-order valence-corrected chi connectivity index (χ3v) is 6.49. The van der Waals surface area contributed by atoms with E-state index in [1.54, 1.807) is 24.1 Å². The van der Waals surface area contributed by atoms with E-state index in [9.17, 15) is 9.59 Å². The van der Waals surface area contributed by atoms with Gasteiger partial charge >= 0.3 is 0 Å². The Morgan fingerprint density at radius 3 is 2.72 bits per heavy atom. The second-order valence-electron chi connectivity index (χ2n) is 7.57. The molecule has 0 spiro atoms. The Kier molecular flexibility index (Phi) is 7.12. The van der Waals surface area contributed by atoms with Crippen LogP contribution in [0.1, 0.15) is 24.0 Å². The fourth-order valence-corrected chi connectivity index (χ4v) is 4.76. The Hall–Kier alpha value is -2.84. The molecule has 1 heterocycles. The van der Waals surface area contributed by atoms with E-state index < -0.39 is 0 Å². The van der Waals surface area contributed by atoms with Crippen molar-refractivity contribution in [3.63, 3.8) is 0 Å². The molecule has 8 heteroatoms. The Morgan fingerprint density at radius 1 is 1.22 bits per heavy atom. The Bertz CT molecular complexity index is 1050. The molecule has 2 aromatic rings. The Balaban J connectivity index is 1.33. The highest BCUT2D eigenvalue weighted by Crippen LogP contribution is 2.40. The van der Waals surface area contributed by atoms with Crippen LogP contribution in [0.4, 0.5) is 0 Å². The highest BCUT2D eigenvalue weighted by molar-refractivity contribution is 8.26. The van der Waals surface area contributed by atoms with Gasteiger partial charge in [-0.05, 0) is 48.6 Å². The van der Waals surface area contributed by atoms with E-state index in [1.807, 2.05) is 42.5 Å². The van der Waals surface area contributed by atoms with E-state index in [0.29, 0.717) is 27.3 Å². The van der Waals surface area contributed by atoms with Crippen LogP contribution in [-0.2, 0) is 16.0 Å². The number of thioether (sulfide) groups is 1. The lowest BCUT2D eigenvalue weighted by molar-refractivity contribution is -0.123. The van der Waals surface area contributed by atoms with Crippen molar-refractivity contribution in [2.75, 3.05) is 20.3 Å². The molecule has 4 rings (SSSR count). The second-order valence-corrected chi connectivity index (χ2v) is 9.24. The molecular formula is C24H24N2O4S2. The first-order chi connectivity index (χ1) is 15.5. The number of carbonyl (C=O) groups is 2. The molecule has 2 aliphatic rings. The summed E-state index contributed by atoms with van der Waals surface area (Å²) < 4.78 is 11.7. The number of nitrogens with one attached hydrogen (secondary N) is 1. The van der Waals surface area contributed by atoms with E-state index in [2.05, 4.69) is 5.32 Å². The zero-order valence-corrected chi connectivity index (χ0v) is 19.3. The topological polar surface area (TPSA) is 67.9 Å². The van der Waals surface area contributed by atoms with Crippen LogP contribution in [0.15, 0.2) is 53.4 Å². The van der Waals surface area contributed by atoms with Crippen molar-refractivity contribution in [3.8, 4) is 11.5 Å². The minimum atomic E-state index is -0.198. The predicted molar refractivity (Wildman–Crippen MR) is 130 cm³/mol. The molecule has 1 N–H and O–H groups in total. The fraction of sp³-hybridized carbons (Fsp3) is 0.292. The van der Waals surface area contributed by atoms with Crippen LogP contribution < -0.4 is 14.8 Å². The summed E-state index contributed by atoms with van der Waals surface area (Å²) in [5.74, 6) is 0.728. The van der Waals surface area contributed by atoms with Crippen molar-refractivity contribution < 1.29 is 19.1 Å². The van der Waals surface area contributed by atoms with Gasteiger partial charge in [0.2, 0.25) is 0 Å². The average Bonchev–Trinajstić information content (AvgIpc) is 3.59. The molecule has 0 atom stereocenters. The molecule has 0 aromatic heterocycles. The number of amides is 2. The van der Waals surface area contributed by atoms with E-state index in [1.165, 1.54) is 17.3 Å². The lowest BCUT2D eigenvalue weighted by Gasteiger charge is -2.12. The van der Waals surface area contributed by atoms with Crippen molar-refractivity contribution in [1.29, 1.82) is 0 Å². The smallest absolute Gasteiger partial charge is 0.266 e. The summed E-state index contributed by atoms with van der Waals surface area (Å²) in [6.07, 6.45) is 4.60. The Labute approximate surface area is 197 Å². The molecule has 0 unspecified atom stereocenters. The number of benzene rings is 2. The SMILES string of the molecule is COc1cc(/C=C2\SC(=S)N(C3CC3)C2=O)ccc1OCC(=O)NCCc1ccccc1. The van der Waals surface area contributed by atoms with Crippen LogP contribution >= 0.6 is 24.0 Å². The maximum Gasteiger partial charge on any atom is 0.266 e. The van der Waals surface area contributed by atoms with E-state index in [-0.39, 0.29) is 24.5 Å². The second kappa shape index (κ2) is 10.2. The summed E-state index contributed by atoms with van der Waals surface area (Å²) in [7, 11) is 1.54. The number of thiocarbonyl (C=S) groups is 1. The summed E-state index contributed by atoms with van der Waals surface area (Å²) in [4.78, 5) is 27.1. The maximum atomic E-state index is 12.6. The summed E-state index contributed by atoms with van der Waals surface area (Å²) in [5, 5.41) is 2.85. The van der Waals surface area contributed by atoms with Gasteiger partial charge in [0.05, 0.1) is 12.0 Å². The summed E-state index contributed by atoms with van der Waals surface area (Å²) in [6, 6.07) is 15.6. The first-order valence-corrected chi connectivity index (χ1v) is 11.7. The molecular weight excluding hydrogens is 444 g/mol. The van der Waals surface area contributed by atoms with E-state index in [4.69, 9.17) is 21.7 Å². The van der Waals surface area contributed by atoms with E-state index >= 15 is 0 Å². The standard InChI is InChI=1S/C24H24N2O4S2/c1-29-20-13-17(14-21-23(28)26(18-8-9-18)24(31)32-21)7-10-19(20)30-15-22(27)25-12-11-16-5-3-2-4-6-16/h2-7,10,13-14,18H,8-9,11-12,15H2,1H3,(H,25,27)/b21-14-. The van der Waals surface area contributed by atoms with Gasteiger partial charge in [0, 0.05) is 12.6 Å². The van der Waals surface area contributed by atoms with Gasteiger partial charge in [-0.25, -0.2) is 0 Å². The number of ether oxygens (including phenoxy) is 2. The van der Waals surface area contributed by atoms with Crippen molar-refractivity contribution >= 4 is 46.2 Å². The Morgan fingerprint density at radius 2 is 2.00 bits per heavy atom. The molecule has 1 aliphatic heterocycles. The van der Waals surface area contributed by atoms with Crippen molar-refractivity contribution in [2.45, 2.75) is 25.3 Å². The van der Waals surface area contributed by atoms with Crippen LogP contribution in [0.25, 0.3) is 6.08 Å². The average molecular weight is 469 g/mol. The zero-order valence-electron chi connectivity index (χ0n) is 17.7. The number of nitrogens with zero attached hydrogens (tertiary/aromatic N) is 1. The van der Waals surface area contributed by atoms with Gasteiger partial charge in [0.15, 0.2) is 18.1 Å². The lowest BCUT2D eigenvalue weighted by atomic mass is 10.1. The highest BCUT2D eigenvalue weighted by atomic mass is 32.2. The molecule has 2 aromatic carbocycles. The molecule has 2 amide bonds. The lowest BCUT2D eigenvalue weighted by Crippen LogP contribution is -2.30. The van der Waals surface area contributed by atoms with Gasteiger partial charge in [-0.3, -0.25) is 14.5 Å². The molecule has 32 heavy (non-hydrogen) atoms. The van der Waals surface area contributed by atoms with Gasteiger partial charge in [0.1, 0.15) is 4.32 Å². The van der Waals surface area contributed by atoms with E-state index in [0.717, 1.165) is 24.8 Å². The van der Waals surface area contributed by atoms with Crippen LogP contribution in [0, 0.1) is 0 Å². The summed E-state index contributed by atoms with van der Waals surface area (Å²) in [6.45, 7) is 0.436. The van der Waals surface area contributed by atoms with Gasteiger partial charge in [-0.2, -0.15) is 0 Å². The van der Waals surface area contributed by atoms with Gasteiger partial charge < -0.3 is 14.8 Å². The van der Waals surface area contributed by atoms with Crippen molar-refractivity contribution in [1.82, 2.24) is 10.2 Å². The molecule has 0 bridgehead atoms. The normalized spacial score (nSPS) is 17.0. The molecule has 166 valence electrons. The van der Waals surface area contributed by atoms with Gasteiger partial charge in [-0.1, -0.05) is 60.4 Å². The van der Waals surface area contributed by atoms with Crippen LogP contribution in [-0.4, -0.2) is 47.3 Å². The van der Waals surface area contributed by atoms with Crippen LogP contribution in [0.2, 0.25) is 0 Å². The van der Waals surface area contributed by atoms with Crippen molar-refractivity contribution in [2.24, 2.45) is 0 Å². The van der Waals surface area contributed by atoms with Crippen LogP contribution in [0.5, 0.6) is 11.5 Å². The quantitative estimate of drug-likeness (QED) is 0.446. The largest absolute Gasteiger partial charge is 0.493 e. The van der Waals surface area contributed by atoms with Gasteiger partial charge in [0.25, 0.3) is 11.8 Å². The molecule has 0 radical (unpaired) electrons. The number of rotatable bonds is 9. The molecule has 1 saturated heterocycles. The minimum Gasteiger partial charge on any atom is -0.493 e. The fourth-order valence-electron chi connectivity index (χ4n) is 3.36. The minimum absolute atomic E-state index is 0.0334. The first-order valence-electron chi connectivity index (χ1n) is 10.4. The van der Waals surface area contributed by atoms with Crippen LogP contribution in [0.3, 0.4) is 0 Å². The third-order valence-electron chi connectivity index (χ3n) is 5.16.